The number of para-hydroxylation sites is 1. The van der Waals surface area contributed by atoms with E-state index >= 15 is 0 Å². The normalized spacial score (nSPS) is 33.7. The van der Waals surface area contributed by atoms with Crippen molar-refractivity contribution < 1.29 is 14.9 Å². The molecule has 0 saturated carbocycles. The van der Waals surface area contributed by atoms with E-state index in [1.54, 1.807) is 18.2 Å². The van der Waals surface area contributed by atoms with Crippen molar-refractivity contribution in [1.29, 1.82) is 0 Å². The Morgan fingerprint density at radius 2 is 2.26 bits per heavy atom. The third kappa shape index (κ3) is 2.55. The van der Waals surface area contributed by atoms with Gasteiger partial charge in [-0.05, 0) is 25.1 Å². The molecule has 2 aromatic rings. The van der Waals surface area contributed by atoms with E-state index in [1.807, 2.05) is 6.07 Å². The molecule has 23 heavy (non-hydrogen) atoms. The number of ether oxygens (including phenoxy) is 1. The molecule has 4 rings (SSSR count). The zero-order valence-electron chi connectivity index (χ0n) is 12.6. The predicted molar refractivity (Wildman–Crippen MR) is 82.9 cm³/mol. The Morgan fingerprint density at radius 1 is 1.43 bits per heavy atom. The van der Waals surface area contributed by atoms with E-state index in [-0.39, 0.29) is 18.1 Å². The molecule has 7 heteroatoms. The lowest BCUT2D eigenvalue weighted by molar-refractivity contribution is -0.216. The summed E-state index contributed by atoms with van der Waals surface area (Å²) in [6.45, 7) is 0.685. The molecule has 3 heterocycles. The van der Waals surface area contributed by atoms with Crippen molar-refractivity contribution in [3.05, 3.63) is 40.9 Å². The minimum Gasteiger partial charge on any atom is -0.390 e. The highest BCUT2D eigenvalue weighted by Crippen LogP contribution is 2.34. The lowest BCUT2D eigenvalue weighted by atomic mass is 9.96. The molecule has 1 aromatic carbocycles. The second-order valence-electron chi connectivity index (χ2n) is 6.34. The van der Waals surface area contributed by atoms with Crippen LogP contribution >= 0.6 is 0 Å². The van der Waals surface area contributed by atoms with Gasteiger partial charge in [0.15, 0.2) is 5.79 Å². The fourth-order valence-corrected chi connectivity index (χ4v) is 3.55. The first-order valence-electron chi connectivity index (χ1n) is 7.82. The Hall–Kier alpha value is -1.80. The van der Waals surface area contributed by atoms with Crippen LogP contribution in [0.2, 0.25) is 0 Å². The van der Waals surface area contributed by atoms with Crippen LogP contribution < -0.4 is 10.9 Å². The highest BCUT2D eigenvalue weighted by atomic mass is 16.6. The van der Waals surface area contributed by atoms with Gasteiger partial charge in [0.25, 0.3) is 5.56 Å². The summed E-state index contributed by atoms with van der Waals surface area (Å²) in [5.41, 5.74) is 0.412. The van der Waals surface area contributed by atoms with E-state index < -0.39 is 18.0 Å². The fraction of sp³-hybridized carbons (Fsp3) is 0.500. The van der Waals surface area contributed by atoms with Crippen molar-refractivity contribution in [2.45, 2.75) is 43.4 Å². The van der Waals surface area contributed by atoms with E-state index in [4.69, 9.17) is 4.74 Å². The van der Waals surface area contributed by atoms with Crippen molar-refractivity contribution >= 4 is 10.9 Å². The maximum atomic E-state index is 12.5. The van der Waals surface area contributed by atoms with Gasteiger partial charge in [-0.2, -0.15) is 0 Å². The highest BCUT2D eigenvalue weighted by Gasteiger charge is 2.49. The number of nitrogens with one attached hydrogen (secondary N) is 1. The van der Waals surface area contributed by atoms with Crippen molar-refractivity contribution in [2.24, 2.45) is 0 Å². The predicted octanol–water partition coefficient (Wildman–Crippen LogP) is -0.403. The molecule has 0 aliphatic carbocycles. The van der Waals surface area contributed by atoms with Crippen LogP contribution in [-0.4, -0.2) is 50.3 Å². The molecule has 2 saturated heterocycles. The largest absolute Gasteiger partial charge is 0.390 e. The van der Waals surface area contributed by atoms with E-state index in [0.29, 0.717) is 30.3 Å². The van der Waals surface area contributed by atoms with Crippen molar-refractivity contribution in [3.8, 4) is 0 Å². The van der Waals surface area contributed by atoms with Gasteiger partial charge in [-0.15, -0.1) is 0 Å². The minimum atomic E-state index is -1.48. The Labute approximate surface area is 132 Å². The Morgan fingerprint density at radius 3 is 3.09 bits per heavy atom. The Kier molecular flexibility index (Phi) is 3.46. The number of piperidine rings is 1. The molecule has 0 bridgehead atoms. The van der Waals surface area contributed by atoms with Crippen LogP contribution in [0, 0.1) is 0 Å². The first-order valence-corrected chi connectivity index (χ1v) is 7.82. The Bertz CT molecular complexity index is 792. The number of fused-ring (bicyclic) bond motifs is 2. The molecule has 3 N–H and O–H groups in total. The molecule has 2 unspecified atom stereocenters. The molecule has 0 amide bonds. The lowest BCUT2D eigenvalue weighted by Gasteiger charge is -2.30. The summed E-state index contributed by atoms with van der Waals surface area (Å²) in [4.78, 5) is 16.8. The number of aliphatic hydroxyl groups excluding tert-OH is 1. The van der Waals surface area contributed by atoms with Crippen LogP contribution in [0.4, 0.5) is 0 Å². The molecular weight excluding hydrogens is 298 g/mol. The summed E-state index contributed by atoms with van der Waals surface area (Å²) < 4.78 is 7.06. The van der Waals surface area contributed by atoms with Crippen LogP contribution in [0.5, 0.6) is 0 Å². The van der Waals surface area contributed by atoms with Crippen molar-refractivity contribution in [2.75, 3.05) is 6.54 Å². The van der Waals surface area contributed by atoms with Gasteiger partial charge < -0.3 is 20.3 Å². The molecule has 2 aliphatic heterocycles. The molecular formula is C16H19N3O4. The lowest BCUT2D eigenvalue weighted by Crippen LogP contribution is -2.49. The molecule has 0 radical (unpaired) electrons. The third-order valence-electron chi connectivity index (χ3n) is 4.67. The van der Waals surface area contributed by atoms with Gasteiger partial charge in [-0.3, -0.25) is 9.36 Å². The number of hydrogen-bond acceptors (Lipinski definition) is 6. The fourth-order valence-electron chi connectivity index (χ4n) is 3.55. The van der Waals surface area contributed by atoms with Crippen molar-refractivity contribution in [1.82, 2.24) is 14.9 Å². The summed E-state index contributed by atoms with van der Waals surface area (Å²) in [7, 11) is 0. The van der Waals surface area contributed by atoms with Crippen molar-refractivity contribution in [3.63, 3.8) is 0 Å². The number of benzene rings is 1. The standard InChI is InChI=1S/C16H19N3O4/c20-13-5-6-17-12-7-16(22,23-14(12)13)8-19-9-18-11-4-2-1-3-10(11)15(19)21/h1-4,9,12-14,17,20,22H,5-8H2/t12-,13?,14+,16?/m0/s1. The molecule has 2 aliphatic rings. The first-order chi connectivity index (χ1) is 11.1. The minimum absolute atomic E-state index is 0.00886. The average Bonchev–Trinajstić information content (AvgIpc) is 2.88. The van der Waals surface area contributed by atoms with Gasteiger partial charge in [-0.25, -0.2) is 4.98 Å². The molecule has 1 aromatic heterocycles. The van der Waals surface area contributed by atoms with Gasteiger partial charge >= 0.3 is 0 Å². The number of hydrogen-bond donors (Lipinski definition) is 3. The molecule has 2 fully saturated rings. The maximum absolute atomic E-state index is 12.5. The van der Waals surface area contributed by atoms with E-state index in [2.05, 4.69) is 10.3 Å². The zero-order valence-corrected chi connectivity index (χ0v) is 12.6. The maximum Gasteiger partial charge on any atom is 0.261 e. The summed E-state index contributed by atoms with van der Waals surface area (Å²) in [5, 5.41) is 24.5. The molecule has 4 atom stereocenters. The van der Waals surface area contributed by atoms with Crippen LogP contribution in [0.15, 0.2) is 35.4 Å². The number of nitrogens with zero attached hydrogens (tertiary/aromatic N) is 2. The summed E-state index contributed by atoms with van der Waals surface area (Å²) in [6, 6.07) is 6.99. The van der Waals surface area contributed by atoms with Gasteiger partial charge in [0, 0.05) is 12.5 Å². The quantitative estimate of drug-likeness (QED) is 0.697. The van der Waals surface area contributed by atoms with Gasteiger partial charge in [-0.1, -0.05) is 12.1 Å². The van der Waals surface area contributed by atoms with E-state index in [9.17, 15) is 15.0 Å². The molecule has 122 valence electrons. The number of aliphatic hydroxyl groups is 2. The van der Waals surface area contributed by atoms with Crippen LogP contribution in [-0.2, 0) is 11.3 Å². The van der Waals surface area contributed by atoms with Crippen LogP contribution in [0.3, 0.4) is 0 Å². The zero-order chi connectivity index (χ0) is 16.0. The van der Waals surface area contributed by atoms with E-state index in [1.165, 1.54) is 10.9 Å². The smallest absolute Gasteiger partial charge is 0.261 e. The van der Waals surface area contributed by atoms with E-state index in [0.717, 1.165) is 0 Å². The average molecular weight is 317 g/mol. The van der Waals surface area contributed by atoms with Gasteiger partial charge in [0.2, 0.25) is 0 Å². The molecule has 0 spiro atoms. The van der Waals surface area contributed by atoms with Crippen LogP contribution in [0.1, 0.15) is 12.8 Å². The monoisotopic (exact) mass is 317 g/mol. The van der Waals surface area contributed by atoms with Gasteiger partial charge in [0.1, 0.15) is 6.10 Å². The Balaban J connectivity index is 1.63. The first kappa shape index (κ1) is 14.8. The second kappa shape index (κ2) is 5.38. The van der Waals surface area contributed by atoms with Crippen LogP contribution in [0.25, 0.3) is 10.9 Å². The summed E-state index contributed by atoms with van der Waals surface area (Å²) in [6.07, 6.45) is 1.31. The summed E-state index contributed by atoms with van der Waals surface area (Å²) >= 11 is 0. The highest BCUT2D eigenvalue weighted by molar-refractivity contribution is 5.76. The second-order valence-corrected chi connectivity index (χ2v) is 6.34. The SMILES string of the molecule is O=c1c2ccccc2ncn1CC1(O)C[C@@H]2NCCC(O)[C@@H]2O1. The molecule has 7 nitrogen and oxygen atoms in total. The van der Waals surface area contributed by atoms with Gasteiger partial charge in [0.05, 0.1) is 29.9 Å². The topological polar surface area (TPSA) is 96.6 Å². The number of aromatic nitrogens is 2. The summed E-state index contributed by atoms with van der Waals surface area (Å²) in [5.74, 6) is -1.48. The third-order valence-corrected chi connectivity index (χ3v) is 4.67. The number of rotatable bonds is 2.